The summed E-state index contributed by atoms with van der Waals surface area (Å²) in [5.41, 5.74) is 3.40. The number of fused-ring (bicyclic) bond motifs is 1. The molecule has 0 amide bonds. The number of hydrogen-bond donors (Lipinski definition) is 1. The minimum atomic E-state index is 0.745. The maximum atomic E-state index is 5.34. The van der Waals surface area contributed by atoms with Gasteiger partial charge < -0.3 is 14.8 Å². The first-order valence-corrected chi connectivity index (χ1v) is 7.56. The second kappa shape index (κ2) is 7.11. The van der Waals surface area contributed by atoms with Crippen molar-refractivity contribution in [3.63, 3.8) is 0 Å². The van der Waals surface area contributed by atoms with E-state index in [1.54, 1.807) is 14.2 Å². The van der Waals surface area contributed by atoms with E-state index in [1.165, 1.54) is 5.56 Å². The van der Waals surface area contributed by atoms with Gasteiger partial charge in [0.25, 0.3) is 0 Å². The Labute approximate surface area is 136 Å². The van der Waals surface area contributed by atoms with E-state index in [1.807, 2.05) is 30.5 Å². The molecule has 1 aromatic heterocycles. The first kappa shape index (κ1) is 15.3. The van der Waals surface area contributed by atoms with Gasteiger partial charge in [0, 0.05) is 24.7 Å². The predicted molar refractivity (Wildman–Crippen MR) is 91.8 cm³/mol. The molecule has 23 heavy (non-hydrogen) atoms. The van der Waals surface area contributed by atoms with Gasteiger partial charge >= 0.3 is 0 Å². The van der Waals surface area contributed by atoms with Crippen molar-refractivity contribution in [1.82, 2.24) is 10.3 Å². The summed E-state index contributed by atoms with van der Waals surface area (Å²) in [5, 5.41) is 4.63. The Kier molecular flexibility index (Phi) is 4.74. The Morgan fingerprint density at radius 2 is 1.74 bits per heavy atom. The van der Waals surface area contributed by atoms with E-state index in [0.717, 1.165) is 41.1 Å². The second-order valence-electron chi connectivity index (χ2n) is 5.29. The molecule has 0 fully saturated rings. The molecule has 1 N–H and O–H groups in total. The van der Waals surface area contributed by atoms with Gasteiger partial charge in [-0.05, 0) is 29.3 Å². The second-order valence-corrected chi connectivity index (χ2v) is 5.29. The predicted octanol–water partition coefficient (Wildman–Crippen LogP) is 3.54. The number of methoxy groups -OCH3 is 2. The monoisotopic (exact) mass is 308 g/mol. The van der Waals surface area contributed by atoms with Gasteiger partial charge in [0.05, 0.1) is 19.7 Å². The summed E-state index contributed by atoms with van der Waals surface area (Å²) in [6.45, 7) is 1.52. The summed E-state index contributed by atoms with van der Waals surface area (Å²) in [6.07, 6.45) is 1.83. The highest BCUT2D eigenvalue weighted by molar-refractivity contribution is 5.81. The molecule has 0 saturated carbocycles. The van der Waals surface area contributed by atoms with E-state index in [9.17, 15) is 0 Å². The molecular weight excluding hydrogens is 288 g/mol. The molecule has 1 heterocycles. The molecule has 0 atom stereocenters. The van der Waals surface area contributed by atoms with E-state index >= 15 is 0 Å². The van der Waals surface area contributed by atoms with Crippen LogP contribution in [0.3, 0.4) is 0 Å². The number of pyridine rings is 1. The Morgan fingerprint density at radius 1 is 0.913 bits per heavy atom. The molecule has 0 aliphatic heterocycles. The largest absolute Gasteiger partial charge is 0.493 e. The number of para-hydroxylation sites is 1. The maximum absolute atomic E-state index is 5.34. The number of rotatable bonds is 6. The Balaban J connectivity index is 1.69. The summed E-state index contributed by atoms with van der Waals surface area (Å²) < 4.78 is 10.6. The number of benzene rings is 2. The fraction of sp³-hybridized carbons (Fsp3) is 0.211. The van der Waals surface area contributed by atoms with Crippen molar-refractivity contribution in [2.24, 2.45) is 0 Å². The summed E-state index contributed by atoms with van der Waals surface area (Å²) in [6, 6.07) is 16.3. The molecule has 0 unspecified atom stereocenters. The van der Waals surface area contributed by atoms with Crippen molar-refractivity contribution in [3.05, 3.63) is 65.9 Å². The number of nitrogens with one attached hydrogen (secondary N) is 1. The molecule has 0 radical (unpaired) electrons. The first-order valence-electron chi connectivity index (χ1n) is 7.56. The van der Waals surface area contributed by atoms with Gasteiger partial charge in [0.2, 0.25) is 0 Å². The van der Waals surface area contributed by atoms with Gasteiger partial charge in [-0.15, -0.1) is 0 Å². The molecule has 2 aromatic carbocycles. The van der Waals surface area contributed by atoms with Crippen molar-refractivity contribution >= 4 is 10.9 Å². The summed E-state index contributed by atoms with van der Waals surface area (Å²) in [7, 11) is 3.29. The molecule has 0 aliphatic carbocycles. The van der Waals surface area contributed by atoms with Gasteiger partial charge in [0.15, 0.2) is 11.5 Å². The molecule has 4 nitrogen and oxygen atoms in total. The lowest BCUT2D eigenvalue weighted by Gasteiger charge is -2.11. The lowest BCUT2D eigenvalue weighted by atomic mass is 10.1. The minimum Gasteiger partial charge on any atom is -0.493 e. The van der Waals surface area contributed by atoms with Gasteiger partial charge in [-0.1, -0.05) is 30.3 Å². The highest BCUT2D eigenvalue weighted by Crippen LogP contribution is 2.27. The normalized spacial score (nSPS) is 10.7. The lowest BCUT2D eigenvalue weighted by molar-refractivity contribution is 0.354. The summed E-state index contributed by atoms with van der Waals surface area (Å²) in [5.74, 6) is 1.49. The van der Waals surface area contributed by atoms with Gasteiger partial charge in [-0.3, -0.25) is 4.98 Å². The van der Waals surface area contributed by atoms with Crippen LogP contribution in [0.5, 0.6) is 11.5 Å². The molecule has 118 valence electrons. The highest BCUT2D eigenvalue weighted by atomic mass is 16.5. The number of hydrogen-bond acceptors (Lipinski definition) is 4. The van der Waals surface area contributed by atoms with Crippen molar-refractivity contribution in [2.45, 2.75) is 13.1 Å². The molecule has 0 aliphatic rings. The van der Waals surface area contributed by atoms with Gasteiger partial charge in [-0.25, -0.2) is 0 Å². The summed E-state index contributed by atoms with van der Waals surface area (Å²) in [4.78, 5) is 4.48. The van der Waals surface area contributed by atoms with Crippen LogP contribution in [0.15, 0.2) is 54.7 Å². The van der Waals surface area contributed by atoms with Crippen LogP contribution >= 0.6 is 0 Å². The van der Waals surface area contributed by atoms with Crippen LogP contribution in [0.1, 0.15) is 11.1 Å². The SMILES string of the molecule is COc1ccc(CNCc2cccc3cccnc23)cc1OC. The summed E-state index contributed by atoms with van der Waals surface area (Å²) >= 11 is 0. The van der Waals surface area contributed by atoms with E-state index in [2.05, 4.69) is 34.6 Å². The van der Waals surface area contributed by atoms with Crippen LogP contribution in [-0.4, -0.2) is 19.2 Å². The fourth-order valence-electron chi connectivity index (χ4n) is 2.64. The average Bonchev–Trinajstić information content (AvgIpc) is 2.61. The average molecular weight is 308 g/mol. The third kappa shape index (κ3) is 3.43. The number of nitrogens with zero attached hydrogens (tertiary/aromatic N) is 1. The van der Waals surface area contributed by atoms with E-state index in [0.29, 0.717) is 0 Å². The Bertz CT molecular complexity index is 797. The molecule has 0 saturated heterocycles. The highest BCUT2D eigenvalue weighted by Gasteiger charge is 2.05. The number of aromatic nitrogens is 1. The zero-order valence-corrected chi connectivity index (χ0v) is 13.4. The zero-order chi connectivity index (χ0) is 16.1. The topological polar surface area (TPSA) is 43.4 Å². The van der Waals surface area contributed by atoms with Crippen LogP contribution in [0, 0.1) is 0 Å². The van der Waals surface area contributed by atoms with E-state index < -0.39 is 0 Å². The van der Waals surface area contributed by atoms with Gasteiger partial charge in [0.1, 0.15) is 0 Å². The first-order chi connectivity index (χ1) is 11.3. The smallest absolute Gasteiger partial charge is 0.161 e. The van der Waals surface area contributed by atoms with Crippen molar-refractivity contribution in [2.75, 3.05) is 14.2 Å². The van der Waals surface area contributed by atoms with E-state index in [4.69, 9.17) is 9.47 Å². The van der Waals surface area contributed by atoms with Crippen molar-refractivity contribution < 1.29 is 9.47 Å². The van der Waals surface area contributed by atoms with Crippen molar-refractivity contribution in [1.29, 1.82) is 0 Å². The van der Waals surface area contributed by atoms with Crippen LogP contribution in [0.25, 0.3) is 10.9 Å². The van der Waals surface area contributed by atoms with Crippen LogP contribution in [0.4, 0.5) is 0 Å². The number of ether oxygens (including phenoxy) is 2. The fourth-order valence-corrected chi connectivity index (χ4v) is 2.64. The lowest BCUT2D eigenvalue weighted by Crippen LogP contribution is -2.13. The molecule has 4 heteroatoms. The molecule has 3 rings (SSSR count). The molecular formula is C19H20N2O2. The van der Waals surface area contributed by atoms with E-state index in [-0.39, 0.29) is 0 Å². The van der Waals surface area contributed by atoms with Crippen LogP contribution in [-0.2, 0) is 13.1 Å². The molecule has 0 spiro atoms. The van der Waals surface area contributed by atoms with Crippen molar-refractivity contribution in [3.8, 4) is 11.5 Å². The van der Waals surface area contributed by atoms with Gasteiger partial charge in [-0.2, -0.15) is 0 Å². The third-order valence-electron chi connectivity index (χ3n) is 3.81. The minimum absolute atomic E-state index is 0.745. The molecule has 3 aromatic rings. The zero-order valence-electron chi connectivity index (χ0n) is 13.4. The van der Waals surface area contributed by atoms with Crippen LogP contribution < -0.4 is 14.8 Å². The Hall–Kier alpha value is -2.59. The Morgan fingerprint density at radius 3 is 2.57 bits per heavy atom. The maximum Gasteiger partial charge on any atom is 0.161 e. The van der Waals surface area contributed by atoms with Crippen LogP contribution in [0.2, 0.25) is 0 Å². The third-order valence-corrected chi connectivity index (χ3v) is 3.81. The molecule has 0 bridgehead atoms. The standard InChI is InChI=1S/C19H20N2O2/c1-22-17-9-8-14(11-18(17)23-2)12-20-13-16-6-3-5-15-7-4-10-21-19(15)16/h3-11,20H,12-13H2,1-2H3. The quantitative estimate of drug-likeness (QED) is 0.756.